The van der Waals surface area contributed by atoms with Gasteiger partial charge in [-0.2, -0.15) is 17.5 Å². The topological polar surface area (TPSA) is 146 Å². The fraction of sp³-hybridized carbons (Fsp3) is 0.486. The van der Waals surface area contributed by atoms with Crippen LogP contribution < -0.4 is 10.5 Å². The van der Waals surface area contributed by atoms with Crippen LogP contribution >= 0.6 is 11.6 Å². The van der Waals surface area contributed by atoms with E-state index < -0.39 is 52.6 Å². The van der Waals surface area contributed by atoms with E-state index in [2.05, 4.69) is 4.98 Å². The molecule has 3 aliphatic rings. The summed E-state index contributed by atoms with van der Waals surface area (Å²) in [5, 5.41) is 7.67. The number of alkyl halides is 5. The number of benzene rings is 2. The van der Waals surface area contributed by atoms with Gasteiger partial charge in [0.2, 0.25) is 15.9 Å². The number of hydrogen-bond acceptors (Lipinski definition) is 8. The van der Waals surface area contributed by atoms with Crippen LogP contribution in [0.1, 0.15) is 44.1 Å². The Morgan fingerprint density at radius 1 is 0.945 bits per heavy atom. The average Bonchev–Trinajstić information content (AvgIpc) is 3.16. The van der Waals surface area contributed by atoms with E-state index in [1.54, 1.807) is 24.4 Å². The van der Waals surface area contributed by atoms with E-state index in [-0.39, 0.29) is 31.0 Å². The van der Waals surface area contributed by atoms with Gasteiger partial charge < -0.3 is 20.5 Å². The van der Waals surface area contributed by atoms with Crippen molar-refractivity contribution >= 4 is 33.5 Å². The number of carboxylic acids is 1. The molecule has 0 bridgehead atoms. The molecule has 1 aromatic heterocycles. The second-order valence-corrected chi connectivity index (χ2v) is 16.3. The van der Waals surface area contributed by atoms with Crippen molar-refractivity contribution in [2.45, 2.75) is 74.1 Å². The van der Waals surface area contributed by atoms with Gasteiger partial charge in [-0.3, -0.25) is 14.7 Å². The molecule has 2 saturated heterocycles. The van der Waals surface area contributed by atoms with Crippen LogP contribution in [0.3, 0.4) is 0 Å². The lowest BCUT2D eigenvalue weighted by Gasteiger charge is -2.43. The maximum atomic E-state index is 14.6. The lowest BCUT2D eigenvalue weighted by molar-refractivity contribution is -0.192. The Labute approximate surface area is 321 Å². The van der Waals surface area contributed by atoms with E-state index in [9.17, 15) is 35.2 Å². The summed E-state index contributed by atoms with van der Waals surface area (Å²) >= 11 is 5.97. The predicted molar refractivity (Wildman–Crippen MR) is 194 cm³/mol. The van der Waals surface area contributed by atoms with Crippen molar-refractivity contribution in [1.29, 1.82) is 0 Å². The number of rotatable bonds is 9. The van der Waals surface area contributed by atoms with Crippen molar-refractivity contribution in [2.24, 2.45) is 11.7 Å². The molecule has 3 N–H and O–H groups in total. The molecule has 300 valence electrons. The number of piperazine rings is 1. The Morgan fingerprint density at radius 2 is 1.60 bits per heavy atom. The SMILES string of the molecule is N[C@H]1CCN(C(=O)[C@@H]2CN(Cc3ccc(-c4ccc(Cl)cn4)cc3)CCN2S(=O)(=O)c2ccc(OCC3CCCCC3)cc2)CC1(F)F.O=C(O)C(F)(F)F. The summed E-state index contributed by atoms with van der Waals surface area (Å²) < 4.78 is 96.3. The number of nitrogens with zero attached hydrogens (tertiary/aromatic N) is 4. The van der Waals surface area contributed by atoms with Crippen molar-refractivity contribution in [3.8, 4) is 17.0 Å². The molecule has 55 heavy (non-hydrogen) atoms. The van der Waals surface area contributed by atoms with Gasteiger partial charge in [0.05, 0.1) is 34.8 Å². The van der Waals surface area contributed by atoms with Crippen LogP contribution in [0.5, 0.6) is 5.75 Å². The Hall–Kier alpha value is -3.90. The average molecular weight is 816 g/mol. The second-order valence-electron chi connectivity index (χ2n) is 13.9. The lowest BCUT2D eigenvalue weighted by Crippen LogP contribution is -2.64. The van der Waals surface area contributed by atoms with Gasteiger partial charge in [-0.1, -0.05) is 55.1 Å². The Morgan fingerprint density at radius 3 is 2.18 bits per heavy atom. The normalized spacial score (nSPS) is 21.3. The van der Waals surface area contributed by atoms with E-state index in [4.69, 9.17) is 32.0 Å². The summed E-state index contributed by atoms with van der Waals surface area (Å²) in [6, 6.07) is 15.1. The fourth-order valence-corrected chi connectivity index (χ4v) is 8.48. The molecule has 2 aromatic carbocycles. The number of aliphatic carboxylic acids is 1. The molecule has 3 aromatic rings. The smallest absolute Gasteiger partial charge is 0.490 e. The number of amides is 1. The van der Waals surface area contributed by atoms with E-state index >= 15 is 0 Å². The van der Waals surface area contributed by atoms with Crippen molar-refractivity contribution in [2.75, 3.05) is 39.3 Å². The molecule has 2 atom stereocenters. The zero-order chi connectivity index (χ0) is 40.0. The number of piperidine rings is 1. The van der Waals surface area contributed by atoms with Gasteiger partial charge in [0.25, 0.3) is 5.92 Å². The molecule has 1 aliphatic carbocycles. The monoisotopic (exact) mass is 815 g/mol. The highest BCUT2D eigenvalue weighted by Crippen LogP contribution is 2.31. The van der Waals surface area contributed by atoms with Gasteiger partial charge in [0.15, 0.2) is 0 Å². The standard InChI is InChI=1S/C35H42ClF2N5O4S.C2HF3O2/c36-28-10-15-31(40-20-28)27-8-6-25(7-9-27)21-41-18-19-43(32(22-41)34(44)42-17-16-33(39)35(37,38)24-42)48(45,46)30-13-11-29(12-14-30)47-23-26-4-2-1-3-5-26;3-2(4,5)1(6)7/h6-15,20,26,32-33H,1-5,16-19,21-24,39H2;(H,6,7)/t32-,33-;/m0./s1. The fourth-order valence-electron chi connectivity index (χ4n) is 6.81. The molecule has 3 heterocycles. The molecule has 2 aliphatic heterocycles. The van der Waals surface area contributed by atoms with Crippen LogP contribution in [0.25, 0.3) is 11.3 Å². The number of ether oxygens (including phenoxy) is 1. The molecule has 0 radical (unpaired) electrons. The summed E-state index contributed by atoms with van der Waals surface area (Å²) in [6.45, 7) is 0.658. The van der Waals surface area contributed by atoms with Crippen LogP contribution in [-0.4, -0.2) is 108 Å². The largest absolute Gasteiger partial charge is 0.493 e. The summed E-state index contributed by atoms with van der Waals surface area (Å²) in [7, 11) is -4.15. The van der Waals surface area contributed by atoms with Gasteiger partial charge in [0.1, 0.15) is 11.8 Å². The Balaban J connectivity index is 0.000000757. The Bertz CT molecular complexity index is 1860. The maximum absolute atomic E-state index is 14.6. The quantitative estimate of drug-likeness (QED) is 0.246. The number of likely N-dealkylation sites (tertiary alicyclic amines) is 1. The van der Waals surface area contributed by atoms with Gasteiger partial charge in [-0.15, -0.1) is 0 Å². The van der Waals surface area contributed by atoms with Gasteiger partial charge in [-0.25, -0.2) is 22.0 Å². The molecule has 0 spiro atoms. The van der Waals surface area contributed by atoms with Crippen molar-refractivity contribution in [3.05, 3.63) is 77.4 Å². The first-order valence-electron chi connectivity index (χ1n) is 17.8. The molecule has 1 amide bonds. The highest BCUT2D eigenvalue weighted by molar-refractivity contribution is 7.89. The van der Waals surface area contributed by atoms with Crippen LogP contribution in [0.15, 0.2) is 71.8 Å². The molecule has 0 unspecified atom stereocenters. The third-order valence-electron chi connectivity index (χ3n) is 9.93. The summed E-state index contributed by atoms with van der Waals surface area (Å²) in [5.41, 5.74) is 8.28. The lowest BCUT2D eigenvalue weighted by atomic mass is 9.90. The number of hydrogen-bond donors (Lipinski definition) is 2. The third kappa shape index (κ3) is 11.1. The first kappa shape index (κ1) is 42.2. The number of carbonyl (C=O) groups excluding carboxylic acids is 1. The first-order chi connectivity index (χ1) is 25.9. The minimum absolute atomic E-state index is 0.0230. The third-order valence-corrected chi connectivity index (χ3v) is 12.1. The highest BCUT2D eigenvalue weighted by atomic mass is 35.5. The Kier molecular flexibility index (Phi) is 13.8. The predicted octanol–water partition coefficient (Wildman–Crippen LogP) is 6.06. The number of sulfonamides is 1. The molecular formula is C37H43ClF5N5O6S. The molecule has 18 heteroatoms. The van der Waals surface area contributed by atoms with Crippen molar-refractivity contribution < 1.29 is 49.8 Å². The van der Waals surface area contributed by atoms with E-state index in [0.29, 0.717) is 36.4 Å². The highest BCUT2D eigenvalue weighted by Gasteiger charge is 2.48. The van der Waals surface area contributed by atoms with Crippen LogP contribution in [0, 0.1) is 5.92 Å². The van der Waals surface area contributed by atoms with Gasteiger partial charge >= 0.3 is 12.1 Å². The summed E-state index contributed by atoms with van der Waals surface area (Å²) in [4.78, 5) is 30.3. The molecule has 6 rings (SSSR count). The molecule has 1 saturated carbocycles. The maximum Gasteiger partial charge on any atom is 0.490 e. The summed E-state index contributed by atoms with van der Waals surface area (Å²) in [6.07, 6.45) is 2.36. The summed E-state index contributed by atoms with van der Waals surface area (Å²) in [5.74, 6) is -5.58. The molecular weight excluding hydrogens is 773 g/mol. The second kappa shape index (κ2) is 17.9. The van der Waals surface area contributed by atoms with E-state index in [1.165, 1.54) is 35.7 Å². The van der Waals surface area contributed by atoms with Crippen LogP contribution in [0.4, 0.5) is 22.0 Å². The number of pyridine rings is 1. The van der Waals surface area contributed by atoms with Gasteiger partial charge in [-0.05, 0) is 67.1 Å². The number of nitrogens with two attached hydrogens (primary N) is 1. The number of halogens is 6. The number of aromatic nitrogens is 1. The molecule has 3 fully saturated rings. The zero-order valence-electron chi connectivity index (χ0n) is 29.8. The van der Waals surface area contributed by atoms with Gasteiger partial charge in [0, 0.05) is 44.5 Å². The van der Waals surface area contributed by atoms with E-state index in [0.717, 1.165) is 34.6 Å². The minimum Gasteiger partial charge on any atom is -0.493 e. The molecule has 11 nitrogen and oxygen atoms in total. The van der Waals surface area contributed by atoms with Crippen LogP contribution in [-0.2, 0) is 26.2 Å². The van der Waals surface area contributed by atoms with Crippen LogP contribution in [0.2, 0.25) is 5.02 Å². The number of carboxylic acid groups (broad SMARTS) is 1. The van der Waals surface area contributed by atoms with Crippen molar-refractivity contribution in [1.82, 2.24) is 19.1 Å². The minimum atomic E-state index is -5.08. The number of carbonyl (C=O) groups is 2. The van der Waals surface area contributed by atoms with E-state index in [1.807, 2.05) is 35.2 Å². The zero-order valence-corrected chi connectivity index (χ0v) is 31.4. The first-order valence-corrected chi connectivity index (χ1v) is 19.7. The van der Waals surface area contributed by atoms with Crippen molar-refractivity contribution in [3.63, 3.8) is 0 Å².